The molecule has 5 heteroatoms. The van der Waals surface area contributed by atoms with E-state index in [1.165, 1.54) is 4.68 Å². The largest absolute Gasteiger partial charge is 0.492 e. The fraction of sp³-hybridized carbons (Fsp3) is 0.200. The van der Waals surface area contributed by atoms with E-state index < -0.39 is 0 Å². The van der Waals surface area contributed by atoms with E-state index in [0.29, 0.717) is 17.1 Å². The molecule has 0 saturated heterocycles. The van der Waals surface area contributed by atoms with Gasteiger partial charge in [-0.15, -0.1) is 0 Å². The number of methoxy groups -OCH3 is 1. The Morgan fingerprint density at radius 3 is 2.70 bits per heavy atom. The third-order valence-corrected chi connectivity index (χ3v) is 3.38. The normalized spacial score (nSPS) is 10.9. The summed E-state index contributed by atoms with van der Waals surface area (Å²) in [6, 6.07) is 9.88. The molecule has 0 N–H and O–H groups in total. The highest BCUT2D eigenvalue weighted by molar-refractivity contribution is 5.82. The van der Waals surface area contributed by atoms with E-state index in [9.17, 15) is 4.79 Å². The van der Waals surface area contributed by atoms with Crippen LogP contribution in [0.4, 0.5) is 0 Å². The Hall–Kier alpha value is -2.56. The molecule has 3 aromatic rings. The fourth-order valence-corrected chi connectivity index (χ4v) is 2.47. The summed E-state index contributed by atoms with van der Waals surface area (Å²) in [7, 11) is 3.20. The van der Waals surface area contributed by atoms with Gasteiger partial charge in [-0.25, -0.2) is 4.68 Å². The molecule has 0 fully saturated rings. The van der Waals surface area contributed by atoms with Gasteiger partial charge in [0.05, 0.1) is 12.6 Å². The average Bonchev–Trinajstić information content (AvgIpc) is 2.86. The molecule has 5 nitrogen and oxygen atoms in total. The van der Waals surface area contributed by atoms with Gasteiger partial charge in [0.25, 0.3) is 5.56 Å². The zero-order chi connectivity index (χ0) is 14.3. The minimum absolute atomic E-state index is 0.186. The summed E-state index contributed by atoms with van der Waals surface area (Å²) in [4.78, 5) is 12.4. The van der Waals surface area contributed by atoms with Gasteiger partial charge in [-0.05, 0) is 24.4 Å². The molecule has 102 valence electrons. The van der Waals surface area contributed by atoms with Crippen molar-refractivity contribution in [3.05, 3.63) is 52.6 Å². The number of hydrogen-bond donors (Lipinski definition) is 0. The van der Waals surface area contributed by atoms with Crippen LogP contribution in [0.1, 0.15) is 5.69 Å². The Morgan fingerprint density at radius 1 is 1.20 bits per heavy atom. The van der Waals surface area contributed by atoms with E-state index in [1.807, 2.05) is 48.0 Å². The number of ether oxygens (including phenoxy) is 1. The van der Waals surface area contributed by atoms with Gasteiger partial charge in [-0.2, -0.15) is 5.10 Å². The lowest BCUT2D eigenvalue weighted by atomic mass is 10.2. The highest BCUT2D eigenvalue weighted by Crippen LogP contribution is 2.26. The van der Waals surface area contributed by atoms with Crippen molar-refractivity contribution in [2.45, 2.75) is 6.92 Å². The second-order valence-electron chi connectivity index (χ2n) is 4.64. The number of fused-ring (bicyclic) bond motifs is 1. The Morgan fingerprint density at radius 2 is 1.95 bits per heavy atom. The molecule has 2 aromatic heterocycles. The summed E-state index contributed by atoms with van der Waals surface area (Å²) >= 11 is 0. The van der Waals surface area contributed by atoms with Crippen molar-refractivity contribution >= 4 is 10.9 Å². The van der Waals surface area contributed by atoms with Crippen LogP contribution in [-0.2, 0) is 7.05 Å². The molecule has 0 aliphatic carbocycles. The number of aryl methyl sites for hydroxylation is 2. The molecule has 0 amide bonds. The van der Waals surface area contributed by atoms with E-state index in [0.717, 1.165) is 10.9 Å². The highest BCUT2D eigenvalue weighted by atomic mass is 16.5. The van der Waals surface area contributed by atoms with Gasteiger partial charge in [0.1, 0.15) is 5.69 Å². The van der Waals surface area contributed by atoms with Crippen molar-refractivity contribution in [3.8, 4) is 11.4 Å². The monoisotopic (exact) mass is 269 g/mol. The SMILES string of the molecule is COc1c(C)nn(C)c(=O)c1-n1ccc2ccccc21. The van der Waals surface area contributed by atoms with Gasteiger partial charge in [-0.1, -0.05) is 18.2 Å². The van der Waals surface area contributed by atoms with Gasteiger partial charge < -0.3 is 9.30 Å². The number of nitrogens with zero attached hydrogens (tertiary/aromatic N) is 3. The third-order valence-electron chi connectivity index (χ3n) is 3.38. The zero-order valence-electron chi connectivity index (χ0n) is 11.6. The predicted octanol–water partition coefficient (Wildman–Crippen LogP) is 2.04. The molecule has 20 heavy (non-hydrogen) atoms. The topological polar surface area (TPSA) is 49.1 Å². The van der Waals surface area contributed by atoms with Crippen LogP contribution >= 0.6 is 0 Å². The van der Waals surface area contributed by atoms with Crippen LogP contribution in [0.2, 0.25) is 0 Å². The molecular weight excluding hydrogens is 254 g/mol. The molecule has 2 heterocycles. The van der Waals surface area contributed by atoms with Crippen molar-refractivity contribution in [2.24, 2.45) is 7.05 Å². The fourth-order valence-electron chi connectivity index (χ4n) is 2.47. The first-order valence-corrected chi connectivity index (χ1v) is 6.32. The van der Waals surface area contributed by atoms with Crippen LogP contribution in [0.15, 0.2) is 41.3 Å². The average molecular weight is 269 g/mol. The van der Waals surface area contributed by atoms with Crippen LogP contribution in [-0.4, -0.2) is 21.5 Å². The van der Waals surface area contributed by atoms with Gasteiger partial charge in [0, 0.05) is 13.2 Å². The first-order chi connectivity index (χ1) is 9.63. The highest BCUT2D eigenvalue weighted by Gasteiger charge is 2.17. The quantitative estimate of drug-likeness (QED) is 0.715. The maximum Gasteiger partial charge on any atom is 0.294 e. The Bertz CT molecular complexity index is 846. The van der Waals surface area contributed by atoms with E-state index >= 15 is 0 Å². The van der Waals surface area contributed by atoms with E-state index in [-0.39, 0.29) is 5.56 Å². The van der Waals surface area contributed by atoms with Crippen molar-refractivity contribution in [2.75, 3.05) is 7.11 Å². The molecule has 0 spiro atoms. The molecule has 3 rings (SSSR count). The number of benzene rings is 1. The maximum atomic E-state index is 12.4. The lowest BCUT2D eigenvalue weighted by Gasteiger charge is -2.13. The molecule has 0 radical (unpaired) electrons. The molecule has 0 bridgehead atoms. The lowest BCUT2D eigenvalue weighted by molar-refractivity contribution is 0.401. The third kappa shape index (κ3) is 1.71. The van der Waals surface area contributed by atoms with Crippen molar-refractivity contribution in [3.63, 3.8) is 0 Å². The van der Waals surface area contributed by atoms with E-state index in [1.54, 1.807) is 14.2 Å². The minimum atomic E-state index is -0.186. The Balaban J connectivity index is 2.43. The second-order valence-corrected chi connectivity index (χ2v) is 4.64. The Kier molecular flexibility index (Phi) is 2.82. The summed E-state index contributed by atoms with van der Waals surface area (Å²) in [6.07, 6.45) is 1.88. The molecule has 0 aliphatic rings. The van der Waals surface area contributed by atoms with Crippen LogP contribution < -0.4 is 10.3 Å². The van der Waals surface area contributed by atoms with Gasteiger partial charge in [0.2, 0.25) is 0 Å². The first kappa shape index (κ1) is 12.5. The van der Waals surface area contributed by atoms with Crippen LogP contribution in [0.25, 0.3) is 16.6 Å². The number of para-hydroxylation sites is 1. The van der Waals surface area contributed by atoms with Gasteiger partial charge in [-0.3, -0.25) is 4.79 Å². The molecular formula is C15H15N3O2. The van der Waals surface area contributed by atoms with E-state index in [4.69, 9.17) is 4.74 Å². The lowest BCUT2D eigenvalue weighted by Crippen LogP contribution is -2.26. The summed E-state index contributed by atoms with van der Waals surface area (Å²) < 4.78 is 8.58. The van der Waals surface area contributed by atoms with Crippen LogP contribution in [0.5, 0.6) is 5.75 Å². The maximum absolute atomic E-state index is 12.4. The number of aromatic nitrogens is 3. The summed E-state index contributed by atoms with van der Waals surface area (Å²) in [6.45, 7) is 1.83. The van der Waals surface area contributed by atoms with Crippen LogP contribution in [0.3, 0.4) is 0 Å². The van der Waals surface area contributed by atoms with Crippen molar-refractivity contribution in [1.29, 1.82) is 0 Å². The van der Waals surface area contributed by atoms with Gasteiger partial charge >= 0.3 is 0 Å². The molecule has 0 atom stereocenters. The standard InChI is InChI=1S/C15H15N3O2/c1-10-14(20-3)13(15(19)17(2)16-10)18-9-8-11-6-4-5-7-12(11)18/h4-9H,1-3H3. The smallest absolute Gasteiger partial charge is 0.294 e. The number of hydrogen-bond acceptors (Lipinski definition) is 3. The minimum Gasteiger partial charge on any atom is -0.492 e. The van der Waals surface area contributed by atoms with Gasteiger partial charge in [0.15, 0.2) is 11.4 Å². The summed E-state index contributed by atoms with van der Waals surface area (Å²) in [5, 5.41) is 5.24. The Labute approximate surface area is 116 Å². The second kappa shape index (κ2) is 4.52. The molecule has 0 saturated carbocycles. The number of rotatable bonds is 2. The molecule has 1 aromatic carbocycles. The molecule has 0 aliphatic heterocycles. The summed E-state index contributed by atoms with van der Waals surface area (Å²) in [5.41, 5.74) is 1.95. The predicted molar refractivity (Wildman–Crippen MR) is 77.6 cm³/mol. The van der Waals surface area contributed by atoms with Crippen molar-refractivity contribution < 1.29 is 4.74 Å². The molecule has 0 unspecified atom stereocenters. The summed E-state index contributed by atoms with van der Waals surface area (Å²) in [5.74, 6) is 0.509. The van der Waals surface area contributed by atoms with Crippen molar-refractivity contribution in [1.82, 2.24) is 14.3 Å². The van der Waals surface area contributed by atoms with Crippen LogP contribution in [0, 0.1) is 6.92 Å². The van der Waals surface area contributed by atoms with E-state index in [2.05, 4.69) is 5.10 Å². The first-order valence-electron chi connectivity index (χ1n) is 6.32. The zero-order valence-corrected chi connectivity index (χ0v) is 11.6.